The first-order chi connectivity index (χ1) is 10.0. The minimum atomic E-state index is -0.833. The van der Waals surface area contributed by atoms with Crippen LogP contribution in [0.15, 0.2) is 0 Å². The van der Waals surface area contributed by atoms with Gasteiger partial charge in [-0.1, -0.05) is 64.7 Å². The quantitative estimate of drug-likeness (QED) is 0.401. The lowest BCUT2D eigenvalue weighted by Gasteiger charge is -2.09. The van der Waals surface area contributed by atoms with E-state index in [-0.39, 0.29) is 0 Å². The molecule has 0 aliphatic rings. The van der Waals surface area contributed by atoms with Crippen LogP contribution < -0.4 is 0 Å². The van der Waals surface area contributed by atoms with Crippen molar-refractivity contribution < 1.29 is 14.6 Å². The van der Waals surface area contributed by atoms with Crippen LogP contribution in [0.5, 0.6) is 0 Å². The highest BCUT2D eigenvalue weighted by molar-refractivity contribution is 5.62. The van der Waals surface area contributed by atoms with Gasteiger partial charge in [-0.15, -0.1) is 0 Å². The Balaban J connectivity index is 0. The lowest BCUT2D eigenvalue weighted by molar-refractivity contribution is -0.134. The fourth-order valence-electron chi connectivity index (χ4n) is 1.94. The maximum atomic E-state index is 9.00. The topological polar surface area (TPSA) is 49.8 Å². The third-order valence-electron chi connectivity index (χ3n) is 2.99. The number of hydrogen-bond acceptors (Lipinski definition) is 3. The van der Waals surface area contributed by atoms with Gasteiger partial charge in [0, 0.05) is 13.5 Å². The number of aliphatic carboxylic acids is 1. The average molecular weight is 303 g/mol. The highest BCUT2D eigenvalue weighted by atomic mass is 16.5. The summed E-state index contributed by atoms with van der Waals surface area (Å²) < 4.78 is 5.49. The third kappa shape index (κ3) is 32.7. The molecule has 0 radical (unpaired) electrons. The minimum Gasteiger partial charge on any atom is -0.481 e. The van der Waals surface area contributed by atoms with Gasteiger partial charge in [0.15, 0.2) is 0 Å². The first kappa shape index (κ1) is 22.7. The fraction of sp³-hybridized carbons (Fsp3) is 0.941. The molecule has 1 N–H and O–H groups in total. The number of carboxylic acids is 1. The van der Waals surface area contributed by atoms with Crippen molar-refractivity contribution in [1.82, 2.24) is 4.90 Å². The summed E-state index contributed by atoms with van der Waals surface area (Å²) in [5.41, 5.74) is 0. The van der Waals surface area contributed by atoms with E-state index in [1.54, 1.807) is 0 Å². The number of unbranched alkanes of at least 4 members (excludes halogenated alkanes) is 9. The van der Waals surface area contributed by atoms with Crippen molar-refractivity contribution in [1.29, 1.82) is 0 Å². The summed E-state index contributed by atoms with van der Waals surface area (Å²) >= 11 is 0. The zero-order valence-electron chi connectivity index (χ0n) is 14.7. The van der Waals surface area contributed by atoms with E-state index in [2.05, 4.69) is 11.8 Å². The van der Waals surface area contributed by atoms with Gasteiger partial charge in [-0.25, -0.2) is 0 Å². The van der Waals surface area contributed by atoms with Gasteiger partial charge in [0.2, 0.25) is 0 Å². The van der Waals surface area contributed by atoms with E-state index in [0.29, 0.717) is 0 Å². The summed E-state index contributed by atoms with van der Waals surface area (Å²) in [6.07, 6.45) is 13.9. The van der Waals surface area contributed by atoms with Gasteiger partial charge in [0.1, 0.15) is 0 Å². The molecule has 0 atom stereocenters. The Bertz CT molecular complexity index is 204. The standard InChI is InChI=1S/C15H33NO.C2H4O2/c1-4-5-6-7-8-9-10-11-12-13-14-17-15-16(2)3;1-2(3)4/h4-15H2,1-3H3;1H3,(H,3,4). The first-order valence-corrected chi connectivity index (χ1v) is 8.42. The van der Waals surface area contributed by atoms with E-state index in [1.807, 2.05) is 14.1 Å². The molecule has 128 valence electrons. The second-order valence-corrected chi connectivity index (χ2v) is 5.82. The monoisotopic (exact) mass is 303 g/mol. The van der Waals surface area contributed by atoms with Crippen LogP contribution in [0.1, 0.15) is 78.1 Å². The minimum absolute atomic E-state index is 0.761. The number of nitrogens with zero attached hydrogens (tertiary/aromatic N) is 1. The zero-order valence-corrected chi connectivity index (χ0v) is 14.7. The normalized spacial score (nSPS) is 10.3. The van der Waals surface area contributed by atoms with E-state index in [4.69, 9.17) is 14.6 Å². The summed E-state index contributed by atoms with van der Waals surface area (Å²) in [4.78, 5) is 11.1. The van der Waals surface area contributed by atoms with Crippen LogP contribution in [0.3, 0.4) is 0 Å². The van der Waals surface area contributed by atoms with E-state index >= 15 is 0 Å². The van der Waals surface area contributed by atoms with Gasteiger partial charge in [0.25, 0.3) is 5.97 Å². The van der Waals surface area contributed by atoms with Crippen LogP contribution >= 0.6 is 0 Å². The molecular formula is C17H37NO3. The second-order valence-electron chi connectivity index (χ2n) is 5.82. The number of carboxylic acid groups (broad SMARTS) is 1. The molecule has 0 amide bonds. The zero-order chi connectivity index (χ0) is 16.3. The van der Waals surface area contributed by atoms with Gasteiger partial charge in [-0.2, -0.15) is 0 Å². The molecule has 0 spiro atoms. The number of ether oxygens (including phenoxy) is 1. The number of carbonyl (C=O) groups is 1. The maximum Gasteiger partial charge on any atom is 0.300 e. The Morgan fingerprint density at radius 1 is 0.905 bits per heavy atom. The summed E-state index contributed by atoms with van der Waals surface area (Å²) in [5, 5.41) is 7.42. The highest BCUT2D eigenvalue weighted by Gasteiger charge is 1.93. The molecule has 0 fully saturated rings. The molecular weight excluding hydrogens is 266 g/mol. The second kappa shape index (κ2) is 19.4. The molecule has 21 heavy (non-hydrogen) atoms. The van der Waals surface area contributed by atoms with Crippen LogP contribution in [-0.4, -0.2) is 43.4 Å². The van der Waals surface area contributed by atoms with Crippen molar-refractivity contribution in [2.45, 2.75) is 78.1 Å². The third-order valence-corrected chi connectivity index (χ3v) is 2.99. The van der Waals surface area contributed by atoms with Gasteiger partial charge in [0.05, 0.1) is 6.73 Å². The molecule has 4 heteroatoms. The summed E-state index contributed by atoms with van der Waals surface area (Å²) in [5.74, 6) is -0.833. The van der Waals surface area contributed by atoms with Crippen molar-refractivity contribution in [2.75, 3.05) is 27.4 Å². The molecule has 0 bridgehead atoms. The summed E-state index contributed by atoms with van der Waals surface area (Å²) in [7, 11) is 4.08. The average Bonchev–Trinajstić information content (AvgIpc) is 2.39. The Kier molecular flexibility index (Phi) is 20.9. The predicted molar refractivity (Wildman–Crippen MR) is 89.7 cm³/mol. The number of hydrogen-bond donors (Lipinski definition) is 1. The highest BCUT2D eigenvalue weighted by Crippen LogP contribution is 2.10. The molecule has 0 aliphatic heterocycles. The fourth-order valence-corrected chi connectivity index (χ4v) is 1.94. The molecule has 0 saturated heterocycles. The van der Waals surface area contributed by atoms with E-state index in [1.165, 1.54) is 64.2 Å². The van der Waals surface area contributed by atoms with Crippen LogP contribution in [-0.2, 0) is 9.53 Å². The van der Waals surface area contributed by atoms with Crippen LogP contribution in [0.25, 0.3) is 0 Å². The van der Waals surface area contributed by atoms with Gasteiger partial charge in [-0.05, 0) is 20.5 Å². The van der Waals surface area contributed by atoms with Crippen LogP contribution in [0.2, 0.25) is 0 Å². The molecule has 0 saturated carbocycles. The van der Waals surface area contributed by atoms with Crippen molar-refractivity contribution in [3.05, 3.63) is 0 Å². The summed E-state index contributed by atoms with van der Waals surface area (Å²) in [6, 6.07) is 0. The van der Waals surface area contributed by atoms with Gasteiger partial charge in [-0.3, -0.25) is 9.69 Å². The van der Waals surface area contributed by atoms with E-state index in [0.717, 1.165) is 20.3 Å². The van der Waals surface area contributed by atoms with Crippen molar-refractivity contribution in [3.63, 3.8) is 0 Å². The van der Waals surface area contributed by atoms with Crippen molar-refractivity contribution >= 4 is 5.97 Å². The Hall–Kier alpha value is -0.610. The summed E-state index contributed by atoms with van der Waals surface area (Å²) in [6.45, 7) is 5.05. The Morgan fingerprint density at radius 2 is 1.29 bits per heavy atom. The van der Waals surface area contributed by atoms with Crippen LogP contribution in [0.4, 0.5) is 0 Å². The Labute approximate surface area is 131 Å². The van der Waals surface area contributed by atoms with E-state index < -0.39 is 5.97 Å². The molecule has 0 heterocycles. The van der Waals surface area contributed by atoms with Crippen molar-refractivity contribution in [3.8, 4) is 0 Å². The Morgan fingerprint density at radius 3 is 1.67 bits per heavy atom. The van der Waals surface area contributed by atoms with E-state index in [9.17, 15) is 0 Å². The molecule has 0 aliphatic carbocycles. The van der Waals surface area contributed by atoms with Gasteiger partial charge >= 0.3 is 0 Å². The molecule has 0 unspecified atom stereocenters. The predicted octanol–water partition coefficient (Wildman–Crippen LogP) is 4.53. The largest absolute Gasteiger partial charge is 0.481 e. The lowest BCUT2D eigenvalue weighted by Crippen LogP contribution is -2.16. The SMILES string of the molecule is CC(=O)O.CCCCCCCCCCCCOCN(C)C. The molecule has 0 aromatic rings. The molecule has 0 aromatic carbocycles. The van der Waals surface area contributed by atoms with Crippen molar-refractivity contribution in [2.24, 2.45) is 0 Å². The molecule has 0 rings (SSSR count). The molecule has 0 aromatic heterocycles. The number of rotatable bonds is 13. The smallest absolute Gasteiger partial charge is 0.300 e. The maximum absolute atomic E-state index is 9.00. The lowest BCUT2D eigenvalue weighted by atomic mass is 10.1. The van der Waals surface area contributed by atoms with Crippen LogP contribution in [0, 0.1) is 0 Å². The molecule has 4 nitrogen and oxygen atoms in total. The first-order valence-electron chi connectivity index (χ1n) is 8.42. The van der Waals surface area contributed by atoms with Gasteiger partial charge < -0.3 is 9.84 Å².